The van der Waals surface area contributed by atoms with E-state index in [9.17, 15) is 0 Å². The van der Waals surface area contributed by atoms with Gasteiger partial charge in [0.15, 0.2) is 5.58 Å². The summed E-state index contributed by atoms with van der Waals surface area (Å²) in [6, 6.07) is 78.6. The molecule has 0 unspecified atom stereocenters. The standard InChI is InChI=1S/C60H36N2O2/c1-3-15-37(16-4-1)39-33-40(38-17-5-2-6-18-38)35-42(34-39)61(54-26-14-23-48-44-20-8-11-27-55(44)63-59(48)54)41-29-32-53-51(36-41)47-22-13-24-50-57-46(43-19-7-10-25-52(43)62(53)58(47)50)30-31-49-45-21-9-12-28-56(45)64-60(49)57/h1-36H. The van der Waals surface area contributed by atoms with Gasteiger partial charge in [0.25, 0.3) is 0 Å². The molecule has 1 aliphatic rings. The molecule has 13 aromatic rings. The molecule has 0 saturated heterocycles. The van der Waals surface area contributed by atoms with Gasteiger partial charge in [0.2, 0.25) is 0 Å². The van der Waals surface area contributed by atoms with Crippen molar-refractivity contribution < 1.29 is 8.83 Å². The van der Waals surface area contributed by atoms with Crippen molar-refractivity contribution in [2.75, 3.05) is 4.90 Å². The van der Waals surface area contributed by atoms with Crippen LogP contribution in [0.5, 0.6) is 0 Å². The Morgan fingerprint density at radius 1 is 0.344 bits per heavy atom. The van der Waals surface area contributed by atoms with Gasteiger partial charge >= 0.3 is 0 Å². The average Bonchev–Trinajstić information content (AvgIpc) is 4.02. The first-order valence-corrected chi connectivity index (χ1v) is 21.8. The van der Waals surface area contributed by atoms with Crippen molar-refractivity contribution in [3.05, 3.63) is 218 Å². The Balaban J connectivity index is 1.07. The number of hydrogen-bond donors (Lipinski definition) is 0. The number of rotatable bonds is 5. The Labute approximate surface area is 368 Å². The van der Waals surface area contributed by atoms with E-state index in [4.69, 9.17) is 8.83 Å². The molecule has 1 aliphatic heterocycles. The molecule has 64 heavy (non-hydrogen) atoms. The molecule has 0 radical (unpaired) electrons. The molecule has 10 aromatic carbocycles. The third-order valence-corrected chi connectivity index (χ3v) is 13.3. The second-order valence-electron chi connectivity index (χ2n) is 16.8. The lowest BCUT2D eigenvalue weighted by atomic mass is 9.91. The van der Waals surface area contributed by atoms with Gasteiger partial charge < -0.3 is 18.3 Å². The zero-order valence-corrected chi connectivity index (χ0v) is 34.5. The highest BCUT2D eigenvalue weighted by Crippen LogP contribution is 2.52. The van der Waals surface area contributed by atoms with Crippen LogP contribution in [0.1, 0.15) is 0 Å². The predicted octanol–water partition coefficient (Wildman–Crippen LogP) is 17.0. The molecule has 0 amide bonds. The number of nitrogens with zero attached hydrogens (tertiary/aromatic N) is 2. The number of para-hydroxylation sites is 5. The van der Waals surface area contributed by atoms with Crippen molar-refractivity contribution in [1.29, 1.82) is 0 Å². The topological polar surface area (TPSA) is 34.5 Å². The van der Waals surface area contributed by atoms with Crippen molar-refractivity contribution in [1.82, 2.24) is 4.57 Å². The average molecular weight is 817 g/mol. The van der Waals surface area contributed by atoms with Crippen LogP contribution in [0, 0.1) is 0 Å². The Morgan fingerprint density at radius 2 is 0.938 bits per heavy atom. The molecular weight excluding hydrogens is 781 g/mol. The van der Waals surface area contributed by atoms with Crippen LogP contribution >= 0.6 is 0 Å². The molecule has 298 valence electrons. The van der Waals surface area contributed by atoms with E-state index in [0.717, 1.165) is 116 Å². The number of fused-ring (bicyclic) bond motifs is 15. The predicted molar refractivity (Wildman–Crippen MR) is 265 cm³/mol. The second kappa shape index (κ2) is 13.4. The molecule has 0 N–H and O–H groups in total. The Hall–Kier alpha value is -8.60. The maximum atomic E-state index is 6.83. The SMILES string of the molecule is c1ccc(-c2cc(-c3ccccc3)cc(N(c3ccc4c(c3)c3cccc5c3n4-c3ccccc3-c3ccc4c(oc6ccccc64)c3-5)c3cccc4c3oc3ccccc34)c2)cc1. The van der Waals surface area contributed by atoms with Crippen LogP contribution in [0.25, 0.3) is 116 Å². The zero-order valence-electron chi connectivity index (χ0n) is 34.5. The summed E-state index contributed by atoms with van der Waals surface area (Å²) in [4.78, 5) is 2.39. The van der Waals surface area contributed by atoms with Crippen LogP contribution in [0.15, 0.2) is 227 Å². The molecule has 0 atom stereocenters. The number of benzene rings is 10. The van der Waals surface area contributed by atoms with E-state index in [1.807, 2.05) is 12.1 Å². The summed E-state index contributed by atoms with van der Waals surface area (Å²) < 4.78 is 16.1. The van der Waals surface area contributed by atoms with E-state index in [1.165, 1.54) is 16.5 Å². The van der Waals surface area contributed by atoms with Gasteiger partial charge in [-0.05, 0) is 94.5 Å². The highest BCUT2D eigenvalue weighted by Gasteiger charge is 2.29. The Kier molecular flexibility index (Phi) is 7.36. The molecule has 3 aromatic heterocycles. The van der Waals surface area contributed by atoms with Crippen molar-refractivity contribution in [2.45, 2.75) is 0 Å². The van der Waals surface area contributed by atoms with Crippen LogP contribution in [-0.4, -0.2) is 4.57 Å². The fraction of sp³-hybridized carbons (Fsp3) is 0. The minimum Gasteiger partial charge on any atom is -0.455 e. The van der Waals surface area contributed by atoms with Gasteiger partial charge in [-0.2, -0.15) is 0 Å². The van der Waals surface area contributed by atoms with Gasteiger partial charge in [0.1, 0.15) is 16.7 Å². The maximum Gasteiger partial charge on any atom is 0.159 e. The molecule has 4 nitrogen and oxygen atoms in total. The minimum atomic E-state index is 0.842. The Morgan fingerprint density at radius 3 is 1.69 bits per heavy atom. The molecule has 14 rings (SSSR count). The number of anilines is 3. The van der Waals surface area contributed by atoms with Crippen LogP contribution in [-0.2, 0) is 0 Å². The van der Waals surface area contributed by atoms with E-state index in [0.29, 0.717) is 0 Å². The third-order valence-electron chi connectivity index (χ3n) is 13.3. The first-order chi connectivity index (χ1) is 31.7. The van der Waals surface area contributed by atoms with Crippen LogP contribution in [0.2, 0.25) is 0 Å². The van der Waals surface area contributed by atoms with E-state index < -0.39 is 0 Å². The van der Waals surface area contributed by atoms with Crippen molar-refractivity contribution in [3.63, 3.8) is 0 Å². The number of furan rings is 2. The van der Waals surface area contributed by atoms with Gasteiger partial charge in [-0.25, -0.2) is 0 Å². The highest BCUT2D eigenvalue weighted by molar-refractivity contribution is 6.22. The molecular formula is C60H36N2O2. The summed E-state index contributed by atoms with van der Waals surface area (Å²) in [6.45, 7) is 0. The fourth-order valence-electron chi connectivity index (χ4n) is 10.5. The first-order valence-electron chi connectivity index (χ1n) is 21.8. The van der Waals surface area contributed by atoms with Crippen LogP contribution in [0.4, 0.5) is 17.1 Å². The van der Waals surface area contributed by atoms with Crippen LogP contribution < -0.4 is 4.90 Å². The molecule has 4 heteroatoms. The lowest BCUT2D eigenvalue weighted by Crippen LogP contribution is -2.11. The smallest absolute Gasteiger partial charge is 0.159 e. The van der Waals surface area contributed by atoms with Gasteiger partial charge in [-0.3, -0.25) is 0 Å². The number of hydrogen-bond acceptors (Lipinski definition) is 3. The monoisotopic (exact) mass is 816 g/mol. The summed E-state index contributed by atoms with van der Waals surface area (Å²) in [6.07, 6.45) is 0. The normalized spacial score (nSPS) is 12.1. The molecule has 0 aliphatic carbocycles. The third kappa shape index (κ3) is 5.05. The van der Waals surface area contributed by atoms with E-state index in [-0.39, 0.29) is 0 Å². The largest absolute Gasteiger partial charge is 0.455 e. The fourth-order valence-corrected chi connectivity index (χ4v) is 10.5. The maximum absolute atomic E-state index is 6.83. The minimum absolute atomic E-state index is 0.842. The van der Waals surface area contributed by atoms with E-state index in [1.54, 1.807) is 0 Å². The van der Waals surface area contributed by atoms with Gasteiger partial charge in [-0.1, -0.05) is 152 Å². The summed E-state index contributed by atoms with van der Waals surface area (Å²) in [5, 5.41) is 6.77. The summed E-state index contributed by atoms with van der Waals surface area (Å²) in [5.74, 6) is 0. The van der Waals surface area contributed by atoms with Gasteiger partial charge in [-0.15, -0.1) is 0 Å². The second-order valence-corrected chi connectivity index (χ2v) is 16.8. The number of aromatic nitrogens is 1. The zero-order chi connectivity index (χ0) is 41.9. The summed E-state index contributed by atoms with van der Waals surface area (Å²) >= 11 is 0. The highest BCUT2D eigenvalue weighted by atomic mass is 16.3. The lowest BCUT2D eigenvalue weighted by Gasteiger charge is -2.27. The quantitative estimate of drug-likeness (QED) is 0.174. The van der Waals surface area contributed by atoms with E-state index >= 15 is 0 Å². The summed E-state index contributed by atoms with van der Waals surface area (Å²) in [5.41, 5.74) is 19.2. The van der Waals surface area contributed by atoms with E-state index in [2.05, 4.69) is 216 Å². The Bertz CT molecular complexity index is 3960. The lowest BCUT2D eigenvalue weighted by molar-refractivity contribution is 0.669. The van der Waals surface area contributed by atoms with Crippen molar-refractivity contribution >= 4 is 82.7 Å². The van der Waals surface area contributed by atoms with Gasteiger partial charge in [0.05, 0.1) is 22.4 Å². The van der Waals surface area contributed by atoms with Crippen molar-refractivity contribution in [3.8, 4) is 50.2 Å². The van der Waals surface area contributed by atoms with Gasteiger partial charge in [0, 0.05) is 60.4 Å². The molecule has 0 fully saturated rings. The molecule has 4 heterocycles. The van der Waals surface area contributed by atoms with Crippen LogP contribution in [0.3, 0.4) is 0 Å². The molecule has 0 saturated carbocycles. The molecule has 0 spiro atoms. The van der Waals surface area contributed by atoms with Crippen molar-refractivity contribution in [2.24, 2.45) is 0 Å². The summed E-state index contributed by atoms with van der Waals surface area (Å²) in [7, 11) is 0. The molecule has 0 bridgehead atoms. The first kappa shape index (κ1) is 35.0.